The lowest BCUT2D eigenvalue weighted by atomic mass is 9.88. The number of carbonyl (C=O) groups is 1. The quantitative estimate of drug-likeness (QED) is 0.790. The molecule has 2 atom stereocenters. The van der Waals surface area contributed by atoms with Gasteiger partial charge in [0.1, 0.15) is 0 Å². The Morgan fingerprint density at radius 2 is 1.94 bits per heavy atom. The van der Waals surface area contributed by atoms with Crippen LogP contribution in [-0.4, -0.2) is 25.0 Å². The van der Waals surface area contributed by atoms with E-state index in [1.165, 1.54) is 32.1 Å². The lowest BCUT2D eigenvalue weighted by molar-refractivity contribution is -0.126. The molecule has 1 saturated heterocycles. The molecule has 0 aromatic rings. The fourth-order valence-corrected chi connectivity index (χ4v) is 3.17. The number of piperidine rings is 1. The van der Waals surface area contributed by atoms with Crippen LogP contribution >= 0.6 is 0 Å². The van der Waals surface area contributed by atoms with Gasteiger partial charge in [-0.15, -0.1) is 0 Å². The van der Waals surface area contributed by atoms with E-state index in [2.05, 4.69) is 17.6 Å². The molecule has 1 saturated carbocycles. The van der Waals surface area contributed by atoms with Crippen molar-refractivity contribution in [2.75, 3.05) is 13.1 Å². The van der Waals surface area contributed by atoms with Crippen molar-refractivity contribution in [1.29, 1.82) is 0 Å². The van der Waals surface area contributed by atoms with Crippen LogP contribution in [0.25, 0.3) is 0 Å². The van der Waals surface area contributed by atoms with E-state index in [-0.39, 0.29) is 11.8 Å². The first-order chi connectivity index (χ1) is 8.27. The second-order valence-electron chi connectivity index (χ2n) is 5.74. The molecule has 3 heteroatoms. The van der Waals surface area contributed by atoms with Crippen LogP contribution < -0.4 is 10.6 Å². The van der Waals surface area contributed by atoms with E-state index >= 15 is 0 Å². The van der Waals surface area contributed by atoms with Gasteiger partial charge in [-0.25, -0.2) is 0 Å². The zero-order valence-electron chi connectivity index (χ0n) is 11.0. The van der Waals surface area contributed by atoms with Crippen LogP contribution in [0.2, 0.25) is 0 Å². The molecule has 2 fully saturated rings. The van der Waals surface area contributed by atoms with E-state index in [9.17, 15) is 4.79 Å². The van der Waals surface area contributed by atoms with E-state index in [1.807, 2.05) is 0 Å². The van der Waals surface area contributed by atoms with Gasteiger partial charge in [0, 0.05) is 12.6 Å². The maximum atomic E-state index is 12.1. The Bertz CT molecular complexity index is 249. The van der Waals surface area contributed by atoms with Crippen LogP contribution in [0.5, 0.6) is 0 Å². The summed E-state index contributed by atoms with van der Waals surface area (Å²) in [5, 5.41) is 6.56. The largest absolute Gasteiger partial charge is 0.356 e. The molecule has 2 aliphatic rings. The van der Waals surface area contributed by atoms with E-state index in [0.717, 1.165) is 31.8 Å². The lowest BCUT2D eigenvalue weighted by Gasteiger charge is -2.30. The summed E-state index contributed by atoms with van der Waals surface area (Å²) in [5.41, 5.74) is 0. The zero-order valence-corrected chi connectivity index (χ0v) is 11.0. The van der Waals surface area contributed by atoms with Crippen LogP contribution in [0.4, 0.5) is 0 Å². The summed E-state index contributed by atoms with van der Waals surface area (Å²) in [6.45, 7) is 4.10. The Morgan fingerprint density at radius 3 is 2.65 bits per heavy atom. The summed E-state index contributed by atoms with van der Waals surface area (Å²) in [7, 11) is 0. The van der Waals surface area contributed by atoms with Gasteiger partial charge in [-0.3, -0.25) is 4.79 Å². The van der Waals surface area contributed by atoms with Crippen molar-refractivity contribution >= 4 is 5.91 Å². The van der Waals surface area contributed by atoms with Crippen molar-refractivity contribution in [2.24, 2.45) is 11.8 Å². The van der Waals surface area contributed by atoms with Crippen molar-refractivity contribution in [3.63, 3.8) is 0 Å². The predicted octanol–water partition coefficient (Wildman–Crippen LogP) is 2.07. The Labute approximate surface area is 105 Å². The normalized spacial score (nSPS) is 31.1. The third kappa shape index (κ3) is 3.70. The molecule has 1 aliphatic carbocycles. The van der Waals surface area contributed by atoms with E-state index in [0.29, 0.717) is 6.04 Å². The maximum Gasteiger partial charge on any atom is 0.224 e. The third-order valence-electron chi connectivity index (χ3n) is 4.39. The molecule has 0 aromatic heterocycles. The van der Waals surface area contributed by atoms with Gasteiger partial charge in [0.05, 0.1) is 5.92 Å². The highest BCUT2D eigenvalue weighted by atomic mass is 16.1. The molecular formula is C14H26N2O. The molecule has 0 aromatic carbocycles. The minimum Gasteiger partial charge on any atom is -0.356 e. The molecule has 0 spiro atoms. The fraction of sp³-hybridized carbons (Fsp3) is 0.929. The van der Waals surface area contributed by atoms with Gasteiger partial charge >= 0.3 is 0 Å². The number of nitrogens with one attached hydrogen (secondary N) is 2. The highest BCUT2D eigenvalue weighted by Gasteiger charge is 2.27. The summed E-state index contributed by atoms with van der Waals surface area (Å²) >= 11 is 0. The van der Waals surface area contributed by atoms with Crippen LogP contribution in [0.15, 0.2) is 0 Å². The van der Waals surface area contributed by atoms with Gasteiger partial charge in [-0.1, -0.05) is 19.3 Å². The zero-order chi connectivity index (χ0) is 12.1. The molecule has 1 aliphatic heterocycles. The molecule has 98 valence electrons. The van der Waals surface area contributed by atoms with Crippen molar-refractivity contribution in [1.82, 2.24) is 10.6 Å². The van der Waals surface area contributed by atoms with E-state index in [4.69, 9.17) is 0 Å². The topological polar surface area (TPSA) is 41.1 Å². The van der Waals surface area contributed by atoms with Gasteiger partial charge in [-0.05, 0) is 45.1 Å². The monoisotopic (exact) mass is 238 g/mol. The Hall–Kier alpha value is -0.570. The average molecular weight is 238 g/mol. The van der Waals surface area contributed by atoms with Gasteiger partial charge in [0.2, 0.25) is 5.91 Å². The summed E-state index contributed by atoms with van der Waals surface area (Å²) < 4.78 is 0. The highest BCUT2D eigenvalue weighted by molar-refractivity contribution is 5.79. The third-order valence-corrected chi connectivity index (χ3v) is 4.39. The number of rotatable bonds is 3. The summed E-state index contributed by atoms with van der Waals surface area (Å²) in [5.74, 6) is 1.20. The van der Waals surface area contributed by atoms with Gasteiger partial charge in [0.25, 0.3) is 0 Å². The van der Waals surface area contributed by atoms with Crippen molar-refractivity contribution in [3.05, 3.63) is 0 Å². The Morgan fingerprint density at radius 1 is 1.18 bits per heavy atom. The summed E-state index contributed by atoms with van der Waals surface area (Å²) in [6, 6.07) is 0.343. The number of carbonyl (C=O) groups excluding carboxylic acids is 1. The Balaban J connectivity index is 1.72. The smallest absolute Gasteiger partial charge is 0.224 e. The minimum atomic E-state index is 0.187. The molecule has 1 amide bonds. The second-order valence-corrected chi connectivity index (χ2v) is 5.74. The molecule has 0 radical (unpaired) electrons. The van der Waals surface area contributed by atoms with E-state index < -0.39 is 0 Å². The first kappa shape index (κ1) is 12.9. The number of hydrogen-bond acceptors (Lipinski definition) is 2. The van der Waals surface area contributed by atoms with Crippen molar-refractivity contribution in [3.8, 4) is 0 Å². The van der Waals surface area contributed by atoms with Crippen LogP contribution in [0, 0.1) is 11.8 Å². The molecule has 17 heavy (non-hydrogen) atoms. The van der Waals surface area contributed by atoms with Crippen molar-refractivity contribution in [2.45, 2.75) is 57.9 Å². The van der Waals surface area contributed by atoms with Gasteiger partial charge in [0.15, 0.2) is 0 Å². The molecule has 2 N–H and O–H groups in total. The highest BCUT2D eigenvalue weighted by Crippen LogP contribution is 2.23. The molecule has 1 heterocycles. The fourth-order valence-electron chi connectivity index (χ4n) is 3.17. The lowest BCUT2D eigenvalue weighted by Crippen LogP contribution is -2.47. The van der Waals surface area contributed by atoms with Crippen LogP contribution in [0.3, 0.4) is 0 Å². The molecular weight excluding hydrogens is 212 g/mol. The first-order valence-electron chi connectivity index (χ1n) is 7.28. The predicted molar refractivity (Wildman–Crippen MR) is 69.8 cm³/mol. The number of hydrogen-bond donors (Lipinski definition) is 2. The van der Waals surface area contributed by atoms with Gasteiger partial charge in [-0.2, -0.15) is 0 Å². The summed E-state index contributed by atoms with van der Waals surface area (Å²) in [4.78, 5) is 12.1. The van der Waals surface area contributed by atoms with Crippen LogP contribution in [-0.2, 0) is 4.79 Å². The Kier molecular flexibility index (Phi) is 4.84. The molecule has 0 bridgehead atoms. The van der Waals surface area contributed by atoms with E-state index in [1.54, 1.807) is 0 Å². The maximum absolute atomic E-state index is 12.1. The second kappa shape index (κ2) is 6.39. The number of amides is 1. The van der Waals surface area contributed by atoms with Crippen LogP contribution in [0.1, 0.15) is 51.9 Å². The standard InChI is InChI=1S/C14H26N2O/c1-11-13(8-5-9-15-11)14(17)16-10-12-6-3-2-4-7-12/h11-13,15H,2-10H2,1H3,(H,16,17). The molecule has 2 rings (SSSR count). The first-order valence-corrected chi connectivity index (χ1v) is 7.28. The minimum absolute atomic E-state index is 0.187. The van der Waals surface area contributed by atoms with Crippen molar-refractivity contribution < 1.29 is 4.79 Å². The van der Waals surface area contributed by atoms with Gasteiger partial charge < -0.3 is 10.6 Å². The molecule has 3 nitrogen and oxygen atoms in total. The molecule has 2 unspecified atom stereocenters. The SMILES string of the molecule is CC1NCCCC1C(=O)NCC1CCCCC1. The average Bonchev–Trinajstić information content (AvgIpc) is 2.38. The summed E-state index contributed by atoms with van der Waals surface area (Å²) in [6.07, 6.45) is 8.87.